The fourth-order valence-corrected chi connectivity index (χ4v) is 1.89. The summed E-state index contributed by atoms with van der Waals surface area (Å²) in [7, 11) is 0. The van der Waals surface area contributed by atoms with E-state index in [9.17, 15) is 4.79 Å². The summed E-state index contributed by atoms with van der Waals surface area (Å²) in [4.78, 5) is 15.4. The molecule has 88 valence electrons. The van der Waals surface area contributed by atoms with Crippen LogP contribution in [0.25, 0.3) is 10.8 Å². The van der Waals surface area contributed by atoms with Crippen molar-refractivity contribution >= 4 is 28.3 Å². The number of aromatic nitrogens is 1. The zero-order valence-corrected chi connectivity index (χ0v) is 10.2. The van der Waals surface area contributed by atoms with Crippen LogP contribution in [0.5, 0.6) is 0 Å². The zero-order chi connectivity index (χ0) is 12.3. The van der Waals surface area contributed by atoms with Crippen LogP contribution in [0, 0.1) is 0 Å². The second kappa shape index (κ2) is 5.15. The molecular weight excluding hydrogens is 238 g/mol. The normalized spacial score (nSPS) is 10.5. The summed E-state index contributed by atoms with van der Waals surface area (Å²) in [5.41, 5.74) is 0.880. The molecule has 1 heterocycles. The van der Waals surface area contributed by atoms with Crippen molar-refractivity contribution in [2.45, 2.75) is 13.3 Å². The van der Waals surface area contributed by atoms with Gasteiger partial charge in [0.15, 0.2) is 0 Å². The molecule has 0 unspecified atom stereocenters. The summed E-state index contributed by atoms with van der Waals surface area (Å²) < 4.78 is 4.90. The lowest BCUT2D eigenvalue weighted by atomic mass is 10.1. The van der Waals surface area contributed by atoms with Crippen LogP contribution in [0.3, 0.4) is 0 Å². The van der Waals surface area contributed by atoms with Gasteiger partial charge in [-0.05, 0) is 30.0 Å². The Morgan fingerprint density at radius 1 is 1.41 bits per heavy atom. The Balaban J connectivity index is 2.31. The smallest absolute Gasteiger partial charge is 0.310 e. The van der Waals surface area contributed by atoms with Gasteiger partial charge in [0.25, 0.3) is 0 Å². The maximum atomic E-state index is 11.4. The maximum absolute atomic E-state index is 11.4. The highest BCUT2D eigenvalue weighted by Crippen LogP contribution is 2.22. The average molecular weight is 250 g/mol. The number of fused-ring (bicyclic) bond motifs is 1. The van der Waals surface area contributed by atoms with Gasteiger partial charge in [0, 0.05) is 11.6 Å². The highest BCUT2D eigenvalue weighted by Gasteiger charge is 2.06. The van der Waals surface area contributed by atoms with Crippen LogP contribution in [-0.2, 0) is 16.0 Å². The molecule has 2 aromatic rings. The number of esters is 1. The van der Waals surface area contributed by atoms with Crippen molar-refractivity contribution < 1.29 is 9.53 Å². The first-order valence-corrected chi connectivity index (χ1v) is 5.77. The Morgan fingerprint density at radius 2 is 2.24 bits per heavy atom. The van der Waals surface area contributed by atoms with E-state index >= 15 is 0 Å². The minimum absolute atomic E-state index is 0.230. The predicted molar refractivity (Wildman–Crippen MR) is 67.1 cm³/mol. The van der Waals surface area contributed by atoms with Gasteiger partial charge < -0.3 is 4.74 Å². The first-order valence-electron chi connectivity index (χ1n) is 5.39. The summed E-state index contributed by atoms with van der Waals surface area (Å²) in [6.45, 7) is 2.19. The number of nitrogens with zero attached hydrogens (tertiary/aromatic N) is 1. The van der Waals surface area contributed by atoms with E-state index in [0.717, 1.165) is 16.3 Å². The van der Waals surface area contributed by atoms with Gasteiger partial charge in [-0.3, -0.25) is 4.79 Å². The molecule has 0 saturated carbocycles. The third-order valence-electron chi connectivity index (χ3n) is 2.44. The Labute approximate surface area is 104 Å². The predicted octanol–water partition coefficient (Wildman–Crippen LogP) is 2.99. The average Bonchev–Trinajstić information content (AvgIpc) is 2.30. The molecule has 0 radical (unpaired) electrons. The van der Waals surface area contributed by atoms with Crippen molar-refractivity contribution in [2.24, 2.45) is 0 Å². The molecule has 17 heavy (non-hydrogen) atoms. The number of rotatable bonds is 3. The van der Waals surface area contributed by atoms with E-state index in [1.165, 1.54) is 0 Å². The highest BCUT2D eigenvalue weighted by atomic mass is 35.5. The molecule has 0 bridgehead atoms. The number of benzene rings is 1. The second-order valence-corrected chi connectivity index (χ2v) is 4.00. The Bertz CT molecular complexity index is 554. The van der Waals surface area contributed by atoms with Crippen LogP contribution in [0.4, 0.5) is 0 Å². The van der Waals surface area contributed by atoms with Crippen molar-refractivity contribution in [1.82, 2.24) is 4.98 Å². The summed E-state index contributed by atoms with van der Waals surface area (Å²) in [5, 5.41) is 2.32. The number of halogens is 1. The third kappa shape index (κ3) is 2.74. The minimum Gasteiger partial charge on any atom is -0.466 e. The number of hydrogen-bond donors (Lipinski definition) is 0. The van der Waals surface area contributed by atoms with Gasteiger partial charge in [0.2, 0.25) is 0 Å². The largest absolute Gasteiger partial charge is 0.466 e. The van der Waals surface area contributed by atoms with Crippen LogP contribution < -0.4 is 0 Å². The molecule has 1 aromatic carbocycles. The van der Waals surface area contributed by atoms with Crippen molar-refractivity contribution in [1.29, 1.82) is 0 Å². The monoisotopic (exact) mass is 249 g/mol. The van der Waals surface area contributed by atoms with Crippen LogP contribution in [0.2, 0.25) is 5.15 Å². The van der Waals surface area contributed by atoms with Crippen molar-refractivity contribution in [3.8, 4) is 0 Å². The van der Waals surface area contributed by atoms with Crippen molar-refractivity contribution in [2.75, 3.05) is 6.61 Å². The lowest BCUT2D eigenvalue weighted by molar-refractivity contribution is -0.142. The van der Waals surface area contributed by atoms with Crippen LogP contribution in [-0.4, -0.2) is 17.6 Å². The van der Waals surface area contributed by atoms with Crippen LogP contribution >= 0.6 is 11.6 Å². The Morgan fingerprint density at radius 3 is 3.00 bits per heavy atom. The molecule has 0 fully saturated rings. The van der Waals surface area contributed by atoms with Crippen molar-refractivity contribution in [3.63, 3.8) is 0 Å². The lowest BCUT2D eigenvalue weighted by Gasteiger charge is -2.04. The first kappa shape index (κ1) is 11.9. The van der Waals surface area contributed by atoms with E-state index < -0.39 is 0 Å². The summed E-state index contributed by atoms with van der Waals surface area (Å²) in [6, 6.07) is 7.59. The van der Waals surface area contributed by atoms with Gasteiger partial charge >= 0.3 is 5.97 Å². The van der Waals surface area contributed by atoms with E-state index in [4.69, 9.17) is 16.3 Å². The molecule has 0 atom stereocenters. The number of pyridine rings is 1. The molecule has 2 rings (SSSR count). The molecule has 0 aliphatic heterocycles. The van der Waals surface area contributed by atoms with E-state index in [1.54, 1.807) is 13.1 Å². The fraction of sp³-hybridized carbons (Fsp3) is 0.231. The Kier molecular flexibility index (Phi) is 3.59. The number of ether oxygens (including phenoxy) is 1. The fourth-order valence-electron chi connectivity index (χ4n) is 1.67. The van der Waals surface area contributed by atoms with Crippen molar-refractivity contribution in [3.05, 3.63) is 41.2 Å². The minimum atomic E-state index is -0.230. The van der Waals surface area contributed by atoms with Crippen LogP contribution in [0.1, 0.15) is 12.5 Å². The molecule has 3 nitrogen and oxygen atoms in total. The molecular formula is C13H12ClNO2. The van der Waals surface area contributed by atoms with Gasteiger partial charge in [-0.2, -0.15) is 0 Å². The maximum Gasteiger partial charge on any atom is 0.310 e. The highest BCUT2D eigenvalue weighted by molar-refractivity contribution is 6.34. The topological polar surface area (TPSA) is 39.2 Å². The first-order chi connectivity index (χ1) is 8.20. The second-order valence-electron chi connectivity index (χ2n) is 3.64. The van der Waals surface area contributed by atoms with E-state index in [2.05, 4.69) is 4.98 Å². The SMILES string of the molecule is CCOC(=O)Cc1ccc2ccnc(Cl)c2c1. The van der Waals surface area contributed by atoms with E-state index in [0.29, 0.717) is 11.8 Å². The van der Waals surface area contributed by atoms with E-state index in [1.807, 2.05) is 24.3 Å². The molecule has 0 aliphatic rings. The molecule has 0 aliphatic carbocycles. The number of carbonyl (C=O) groups excluding carboxylic acids is 1. The van der Waals surface area contributed by atoms with Gasteiger partial charge in [-0.15, -0.1) is 0 Å². The van der Waals surface area contributed by atoms with Gasteiger partial charge in [-0.1, -0.05) is 23.7 Å². The molecule has 0 N–H and O–H groups in total. The summed E-state index contributed by atoms with van der Waals surface area (Å²) in [5.74, 6) is -0.230. The molecule has 1 aromatic heterocycles. The molecule has 4 heteroatoms. The summed E-state index contributed by atoms with van der Waals surface area (Å²) >= 11 is 6.00. The standard InChI is InChI=1S/C13H12ClNO2/c1-2-17-12(16)8-9-3-4-10-5-6-15-13(14)11(10)7-9/h3-7H,2,8H2,1H3. The lowest BCUT2D eigenvalue weighted by Crippen LogP contribution is -2.07. The van der Waals surface area contributed by atoms with Gasteiger partial charge in [0.05, 0.1) is 13.0 Å². The van der Waals surface area contributed by atoms with Gasteiger partial charge in [-0.25, -0.2) is 4.98 Å². The molecule has 0 saturated heterocycles. The Hall–Kier alpha value is -1.61. The quantitative estimate of drug-likeness (QED) is 0.620. The van der Waals surface area contributed by atoms with E-state index in [-0.39, 0.29) is 12.4 Å². The summed E-state index contributed by atoms with van der Waals surface area (Å²) in [6.07, 6.45) is 1.92. The number of hydrogen-bond acceptors (Lipinski definition) is 3. The third-order valence-corrected chi connectivity index (χ3v) is 2.74. The zero-order valence-electron chi connectivity index (χ0n) is 9.44. The molecule has 0 spiro atoms. The number of carbonyl (C=O) groups is 1. The van der Waals surface area contributed by atoms with Crippen LogP contribution in [0.15, 0.2) is 30.5 Å². The molecule has 0 amide bonds. The van der Waals surface area contributed by atoms with Gasteiger partial charge in [0.1, 0.15) is 5.15 Å².